The molecule has 0 bridgehead atoms. The molecule has 1 N–H and O–H groups in total. The molecule has 0 aliphatic heterocycles. The Labute approximate surface area is 98.5 Å². The fraction of sp³-hybridized carbons (Fsp3) is 0.600. The molecule has 1 aromatic carbocycles. The first-order valence-corrected chi connectivity index (χ1v) is 6.42. The molecule has 1 nitrogen and oxygen atoms in total. The summed E-state index contributed by atoms with van der Waals surface area (Å²) in [7, 11) is 0. The molecule has 1 saturated carbocycles. The van der Waals surface area contributed by atoms with Gasteiger partial charge in [-0.1, -0.05) is 31.0 Å². The Balaban J connectivity index is 2.24. The number of hydrogen-bond acceptors (Lipinski definition) is 1. The monoisotopic (exact) mass is 218 g/mol. The minimum atomic E-state index is -0.0904. The summed E-state index contributed by atoms with van der Waals surface area (Å²) >= 11 is 0. The first-order chi connectivity index (χ1) is 7.68. The molecule has 2 unspecified atom stereocenters. The highest BCUT2D eigenvalue weighted by Gasteiger charge is 2.21. The second kappa shape index (κ2) is 5.01. The topological polar surface area (TPSA) is 20.2 Å². The van der Waals surface area contributed by atoms with Crippen molar-refractivity contribution in [2.24, 2.45) is 0 Å². The van der Waals surface area contributed by atoms with Crippen LogP contribution in [0.2, 0.25) is 0 Å². The largest absolute Gasteiger partial charge is 0.393 e. The Bertz CT molecular complexity index is 356. The fourth-order valence-corrected chi connectivity index (χ4v) is 2.83. The van der Waals surface area contributed by atoms with Crippen LogP contribution >= 0.6 is 0 Å². The first-order valence-electron chi connectivity index (χ1n) is 6.42. The highest BCUT2D eigenvalue weighted by atomic mass is 16.3. The average molecular weight is 218 g/mol. The van der Waals surface area contributed by atoms with Crippen LogP contribution in [0.25, 0.3) is 0 Å². The van der Waals surface area contributed by atoms with Gasteiger partial charge in [0.25, 0.3) is 0 Å². The maximum Gasteiger partial charge on any atom is 0.0546 e. The first kappa shape index (κ1) is 11.7. The van der Waals surface area contributed by atoms with E-state index in [4.69, 9.17) is 0 Å². The van der Waals surface area contributed by atoms with Crippen LogP contribution in [0.15, 0.2) is 18.2 Å². The van der Waals surface area contributed by atoms with Crippen LogP contribution in [0, 0.1) is 13.8 Å². The molecule has 1 aliphatic carbocycles. The van der Waals surface area contributed by atoms with Crippen LogP contribution in [-0.2, 0) is 0 Å². The Morgan fingerprint density at radius 3 is 2.69 bits per heavy atom. The van der Waals surface area contributed by atoms with Gasteiger partial charge in [-0.05, 0) is 55.7 Å². The van der Waals surface area contributed by atoms with Crippen molar-refractivity contribution in [1.82, 2.24) is 0 Å². The smallest absolute Gasteiger partial charge is 0.0546 e. The number of hydrogen-bond donors (Lipinski definition) is 1. The van der Waals surface area contributed by atoms with Crippen LogP contribution in [-0.4, -0.2) is 11.2 Å². The summed E-state index contributed by atoms with van der Waals surface area (Å²) in [6.07, 6.45) is 5.53. The molecule has 0 heterocycles. The lowest BCUT2D eigenvalue weighted by Crippen LogP contribution is -2.10. The Hall–Kier alpha value is -0.820. The molecule has 1 fully saturated rings. The lowest BCUT2D eigenvalue weighted by molar-refractivity contribution is 0.152. The highest BCUT2D eigenvalue weighted by Crippen LogP contribution is 2.34. The molecule has 0 aromatic heterocycles. The molecule has 0 amide bonds. The second-order valence-electron chi connectivity index (χ2n) is 5.16. The number of aliphatic hydroxyl groups is 1. The van der Waals surface area contributed by atoms with E-state index in [1.54, 1.807) is 0 Å². The van der Waals surface area contributed by atoms with Crippen LogP contribution < -0.4 is 0 Å². The predicted octanol–water partition coefficient (Wildman–Crippen LogP) is 3.71. The molecule has 0 spiro atoms. The predicted molar refractivity (Wildman–Crippen MR) is 67.7 cm³/mol. The van der Waals surface area contributed by atoms with Gasteiger partial charge < -0.3 is 5.11 Å². The SMILES string of the molecule is Cc1cccc(C2CCCCC(O)C2)c1C. The number of aliphatic hydroxyl groups excluding tert-OH is 1. The molecule has 2 atom stereocenters. The molecule has 1 aromatic rings. The van der Waals surface area contributed by atoms with Crippen molar-refractivity contribution in [3.63, 3.8) is 0 Å². The van der Waals surface area contributed by atoms with Gasteiger partial charge >= 0.3 is 0 Å². The maximum atomic E-state index is 9.88. The second-order valence-corrected chi connectivity index (χ2v) is 5.16. The van der Waals surface area contributed by atoms with E-state index in [2.05, 4.69) is 32.0 Å². The molecule has 16 heavy (non-hydrogen) atoms. The normalized spacial score (nSPS) is 26.4. The van der Waals surface area contributed by atoms with Gasteiger partial charge in [0.1, 0.15) is 0 Å². The number of rotatable bonds is 1. The van der Waals surface area contributed by atoms with Gasteiger partial charge in [0.05, 0.1) is 6.10 Å². The van der Waals surface area contributed by atoms with Gasteiger partial charge in [0.15, 0.2) is 0 Å². The summed E-state index contributed by atoms with van der Waals surface area (Å²) in [5, 5.41) is 9.88. The molecule has 1 aliphatic rings. The summed E-state index contributed by atoms with van der Waals surface area (Å²) in [6.45, 7) is 4.38. The van der Waals surface area contributed by atoms with Crippen molar-refractivity contribution in [3.8, 4) is 0 Å². The third-order valence-electron chi connectivity index (χ3n) is 3.98. The lowest BCUT2D eigenvalue weighted by Gasteiger charge is -2.20. The minimum Gasteiger partial charge on any atom is -0.393 e. The van der Waals surface area contributed by atoms with E-state index in [0.717, 1.165) is 12.8 Å². The van der Waals surface area contributed by atoms with Crippen molar-refractivity contribution in [1.29, 1.82) is 0 Å². The standard InChI is InChI=1S/C15H22O/c1-11-6-5-9-15(12(11)2)13-7-3-4-8-14(16)10-13/h5-6,9,13-14,16H,3-4,7-8,10H2,1-2H3. The van der Waals surface area contributed by atoms with E-state index in [-0.39, 0.29) is 6.10 Å². The van der Waals surface area contributed by atoms with Crippen molar-refractivity contribution in [2.45, 2.75) is 58.0 Å². The van der Waals surface area contributed by atoms with E-state index in [1.807, 2.05) is 0 Å². The zero-order chi connectivity index (χ0) is 11.5. The number of aryl methyl sites for hydroxylation is 1. The third-order valence-corrected chi connectivity index (χ3v) is 3.98. The zero-order valence-electron chi connectivity index (χ0n) is 10.4. The summed E-state index contributed by atoms with van der Waals surface area (Å²) in [4.78, 5) is 0. The van der Waals surface area contributed by atoms with Gasteiger partial charge in [-0.25, -0.2) is 0 Å². The Morgan fingerprint density at radius 1 is 1.12 bits per heavy atom. The quantitative estimate of drug-likeness (QED) is 0.712. The molecular formula is C15H22O. The highest BCUT2D eigenvalue weighted by molar-refractivity contribution is 5.35. The van der Waals surface area contributed by atoms with Gasteiger partial charge in [-0.15, -0.1) is 0 Å². The Kier molecular flexibility index (Phi) is 3.65. The average Bonchev–Trinajstić information content (AvgIpc) is 2.47. The summed E-state index contributed by atoms with van der Waals surface area (Å²) < 4.78 is 0. The van der Waals surface area contributed by atoms with Crippen LogP contribution in [0.1, 0.15) is 54.7 Å². The van der Waals surface area contributed by atoms with E-state index in [9.17, 15) is 5.11 Å². The van der Waals surface area contributed by atoms with Crippen molar-refractivity contribution < 1.29 is 5.11 Å². The number of benzene rings is 1. The van der Waals surface area contributed by atoms with E-state index < -0.39 is 0 Å². The fourth-order valence-electron chi connectivity index (χ4n) is 2.83. The van der Waals surface area contributed by atoms with E-state index in [0.29, 0.717) is 5.92 Å². The molecule has 0 radical (unpaired) electrons. The van der Waals surface area contributed by atoms with Gasteiger partial charge in [0.2, 0.25) is 0 Å². The molecular weight excluding hydrogens is 196 g/mol. The molecule has 0 saturated heterocycles. The van der Waals surface area contributed by atoms with Crippen LogP contribution in [0.5, 0.6) is 0 Å². The van der Waals surface area contributed by atoms with Crippen molar-refractivity contribution in [3.05, 3.63) is 34.9 Å². The Morgan fingerprint density at radius 2 is 1.88 bits per heavy atom. The maximum absolute atomic E-state index is 9.88. The van der Waals surface area contributed by atoms with Crippen molar-refractivity contribution >= 4 is 0 Å². The van der Waals surface area contributed by atoms with Gasteiger partial charge in [-0.2, -0.15) is 0 Å². The molecule has 1 heteroatoms. The third kappa shape index (κ3) is 2.46. The lowest BCUT2D eigenvalue weighted by atomic mass is 9.87. The summed E-state index contributed by atoms with van der Waals surface area (Å²) in [5.74, 6) is 0.567. The van der Waals surface area contributed by atoms with Crippen LogP contribution in [0.3, 0.4) is 0 Å². The van der Waals surface area contributed by atoms with Gasteiger partial charge in [-0.3, -0.25) is 0 Å². The van der Waals surface area contributed by atoms with Crippen LogP contribution in [0.4, 0.5) is 0 Å². The van der Waals surface area contributed by atoms with Crippen molar-refractivity contribution in [2.75, 3.05) is 0 Å². The van der Waals surface area contributed by atoms with E-state index in [1.165, 1.54) is 36.0 Å². The summed E-state index contributed by atoms with van der Waals surface area (Å²) in [6, 6.07) is 6.56. The zero-order valence-corrected chi connectivity index (χ0v) is 10.4. The van der Waals surface area contributed by atoms with E-state index >= 15 is 0 Å². The molecule has 88 valence electrons. The minimum absolute atomic E-state index is 0.0904. The van der Waals surface area contributed by atoms with Gasteiger partial charge in [0, 0.05) is 0 Å². The summed E-state index contributed by atoms with van der Waals surface area (Å²) in [5.41, 5.74) is 4.25. The molecule has 2 rings (SSSR count).